The number of nitrogens with one attached hydrogen (secondary N) is 1. The molecule has 4 aromatic rings. The molecule has 1 N–H and O–H groups in total. The monoisotopic (exact) mass is 524 g/mol. The van der Waals surface area contributed by atoms with Crippen molar-refractivity contribution in [1.29, 1.82) is 0 Å². The maximum Gasteiger partial charge on any atom is 0.293 e. The van der Waals surface area contributed by atoms with Crippen molar-refractivity contribution in [3.8, 4) is 11.1 Å². The van der Waals surface area contributed by atoms with Crippen LogP contribution in [0.1, 0.15) is 14.4 Å². The molecule has 37 heavy (non-hydrogen) atoms. The first-order valence-corrected chi connectivity index (χ1v) is 12.1. The first kappa shape index (κ1) is 26.4. The molecule has 0 amide bonds. The number of rotatable bonds is 6. The van der Waals surface area contributed by atoms with E-state index in [0.29, 0.717) is 11.3 Å². The Labute approximate surface area is 220 Å². The summed E-state index contributed by atoms with van der Waals surface area (Å²) in [6.45, 7) is 6.03. The van der Waals surface area contributed by atoms with E-state index in [4.69, 9.17) is 16.4 Å². The summed E-state index contributed by atoms with van der Waals surface area (Å²) in [5, 5.41) is 3.83. The van der Waals surface area contributed by atoms with Crippen molar-refractivity contribution < 1.29 is 9.23 Å². The van der Waals surface area contributed by atoms with E-state index in [9.17, 15) is 9.18 Å². The van der Waals surface area contributed by atoms with Crippen molar-refractivity contribution in [1.82, 2.24) is 19.6 Å². The molecule has 1 fully saturated rings. The molecule has 0 unspecified atom stereocenters. The van der Waals surface area contributed by atoms with Gasteiger partial charge in [0, 0.05) is 54.7 Å². The number of hydrogen-bond acceptors (Lipinski definition) is 7. The first-order chi connectivity index (χ1) is 17.4. The molecule has 3 heterocycles. The van der Waals surface area contributed by atoms with Gasteiger partial charge < -0.3 is 20.0 Å². The van der Waals surface area contributed by atoms with Gasteiger partial charge in [-0.2, -0.15) is 4.98 Å². The number of fused-ring (bicyclic) bond motifs is 1. The molecule has 8 nitrogen and oxygen atoms in total. The molecule has 0 aliphatic carbocycles. The molecule has 2 aromatic heterocycles. The second-order valence-corrected chi connectivity index (χ2v) is 9.01. The summed E-state index contributed by atoms with van der Waals surface area (Å²) in [5.74, 6) is -0.291. The Hall–Kier alpha value is -3.69. The molecule has 1 aliphatic rings. The third-order valence-corrected chi connectivity index (χ3v) is 6.50. The number of piperazine rings is 1. The van der Waals surface area contributed by atoms with Crippen LogP contribution < -0.4 is 20.6 Å². The maximum absolute atomic E-state index is 14.6. The van der Waals surface area contributed by atoms with Crippen LogP contribution in [-0.4, -0.2) is 59.4 Å². The molecular weight excluding hydrogens is 495 g/mol. The molecule has 194 valence electrons. The van der Waals surface area contributed by atoms with Crippen molar-refractivity contribution in [3.05, 3.63) is 75.9 Å². The van der Waals surface area contributed by atoms with Gasteiger partial charge in [-0.15, -0.1) is 4.73 Å². The summed E-state index contributed by atoms with van der Waals surface area (Å²) in [5.41, 5.74) is 1.78. The number of pyridine rings is 1. The number of halogens is 2. The zero-order valence-electron chi connectivity index (χ0n) is 20.0. The molecule has 0 radical (unpaired) electrons. The third-order valence-electron chi connectivity index (χ3n) is 6.19. The normalized spacial score (nSPS) is 13.9. The highest BCUT2D eigenvalue weighted by molar-refractivity contribution is 6.33. The highest BCUT2D eigenvalue weighted by Gasteiger charge is 2.19. The van der Waals surface area contributed by atoms with Crippen LogP contribution >= 0.6 is 11.6 Å². The highest BCUT2D eigenvalue weighted by atomic mass is 35.5. The predicted octanol–water partition coefficient (Wildman–Crippen LogP) is 4.83. The fourth-order valence-electron chi connectivity index (χ4n) is 4.26. The van der Waals surface area contributed by atoms with E-state index in [0.717, 1.165) is 42.3 Å². The smallest absolute Gasteiger partial charge is 0.293 e. The fraction of sp³-hybridized carbons (Fsp3) is 0.296. The van der Waals surface area contributed by atoms with E-state index in [1.165, 1.54) is 24.3 Å². The lowest BCUT2D eigenvalue weighted by atomic mass is 10.1. The summed E-state index contributed by atoms with van der Waals surface area (Å²) >= 11 is 6.22. The summed E-state index contributed by atoms with van der Waals surface area (Å²) in [6.07, 6.45) is 1.57. The Morgan fingerprint density at radius 2 is 1.84 bits per heavy atom. The van der Waals surface area contributed by atoms with Crippen LogP contribution in [0.15, 0.2) is 59.5 Å². The van der Waals surface area contributed by atoms with Crippen LogP contribution in [0.2, 0.25) is 5.02 Å². The fourth-order valence-corrected chi connectivity index (χ4v) is 4.53. The molecule has 0 atom stereocenters. The van der Waals surface area contributed by atoms with Crippen LogP contribution in [-0.2, 0) is 0 Å². The Bertz CT molecular complexity index is 1430. The topological polar surface area (TPSA) is 75.5 Å². The molecule has 5 rings (SSSR count). The van der Waals surface area contributed by atoms with Gasteiger partial charge in [0.05, 0.1) is 10.6 Å². The molecule has 0 spiro atoms. The van der Waals surface area contributed by atoms with Crippen molar-refractivity contribution in [3.63, 3.8) is 0 Å². The largest absolute Gasteiger partial charge is 0.409 e. The van der Waals surface area contributed by atoms with E-state index in [1.54, 1.807) is 13.1 Å². The van der Waals surface area contributed by atoms with Crippen LogP contribution in [0.25, 0.3) is 22.2 Å². The van der Waals surface area contributed by atoms with Gasteiger partial charge in [0.25, 0.3) is 5.56 Å². The minimum absolute atomic E-state index is 0. The van der Waals surface area contributed by atoms with Gasteiger partial charge in [0.15, 0.2) is 5.65 Å². The van der Waals surface area contributed by atoms with E-state index in [2.05, 4.69) is 44.3 Å². The van der Waals surface area contributed by atoms with Crippen molar-refractivity contribution in [2.45, 2.75) is 14.4 Å². The average Bonchev–Trinajstić information content (AvgIpc) is 2.87. The molecule has 0 bridgehead atoms. The van der Waals surface area contributed by atoms with Gasteiger partial charge in [-0.25, -0.2) is 9.37 Å². The van der Waals surface area contributed by atoms with Gasteiger partial charge in [-0.05, 0) is 56.4 Å². The molecule has 1 saturated heterocycles. The number of hydrogen-bond donors (Lipinski definition) is 1. The van der Waals surface area contributed by atoms with Crippen molar-refractivity contribution >= 4 is 40.0 Å². The average molecular weight is 525 g/mol. The SMILES string of the molecule is C.CCOn1c(=O)c(-c2c(F)cccc2Cl)cc2cnc(Nc3ccc(N4CCN(C)CC4)cc3)nc21. The Morgan fingerprint density at radius 1 is 1.11 bits per heavy atom. The summed E-state index contributed by atoms with van der Waals surface area (Å²) < 4.78 is 15.7. The van der Waals surface area contributed by atoms with Gasteiger partial charge in [-0.1, -0.05) is 25.1 Å². The second kappa shape index (κ2) is 11.1. The van der Waals surface area contributed by atoms with Crippen LogP contribution in [0.3, 0.4) is 0 Å². The first-order valence-electron chi connectivity index (χ1n) is 11.8. The standard InChI is InChI=1S/C26H26ClFN6O2.CH4/c1-3-36-34-24-17(15-20(25(34)35)23-21(27)5-4-6-22(23)28)16-29-26(31-24)30-18-7-9-19(10-8-18)33-13-11-32(2)12-14-33;/h4-10,15-16H,3,11-14H2,1-2H3,(H,29,30,31);1H4. The number of likely N-dealkylation sites (N-methyl/N-ethyl adjacent to an activating group) is 1. The van der Waals surface area contributed by atoms with E-state index in [1.807, 2.05) is 12.1 Å². The summed E-state index contributed by atoms with van der Waals surface area (Å²) in [6, 6.07) is 13.9. The lowest BCUT2D eigenvalue weighted by Crippen LogP contribution is -2.44. The Balaban J connectivity index is 0.00000320. The van der Waals surface area contributed by atoms with Crippen LogP contribution in [0.4, 0.5) is 21.7 Å². The van der Waals surface area contributed by atoms with Gasteiger partial charge in [-0.3, -0.25) is 4.79 Å². The van der Waals surface area contributed by atoms with Crippen molar-refractivity contribution in [2.75, 3.05) is 50.1 Å². The van der Waals surface area contributed by atoms with Crippen molar-refractivity contribution in [2.24, 2.45) is 0 Å². The number of anilines is 3. The second-order valence-electron chi connectivity index (χ2n) is 8.61. The minimum atomic E-state index is -0.596. The van der Waals surface area contributed by atoms with Crippen LogP contribution in [0.5, 0.6) is 0 Å². The predicted molar refractivity (Wildman–Crippen MR) is 147 cm³/mol. The van der Waals surface area contributed by atoms with Crippen LogP contribution in [0, 0.1) is 5.82 Å². The molecule has 10 heteroatoms. The van der Waals surface area contributed by atoms with E-state index < -0.39 is 11.4 Å². The third kappa shape index (κ3) is 5.38. The highest BCUT2D eigenvalue weighted by Crippen LogP contribution is 2.30. The van der Waals surface area contributed by atoms with Gasteiger partial charge in [0.2, 0.25) is 5.95 Å². The lowest BCUT2D eigenvalue weighted by Gasteiger charge is -2.34. The zero-order chi connectivity index (χ0) is 25.2. The molecule has 2 aromatic carbocycles. The lowest BCUT2D eigenvalue weighted by molar-refractivity contribution is 0.123. The number of benzene rings is 2. The molecule has 1 aliphatic heterocycles. The molecular formula is C27H30ClFN6O2. The van der Waals surface area contributed by atoms with E-state index >= 15 is 0 Å². The number of nitrogens with zero attached hydrogens (tertiary/aromatic N) is 5. The zero-order valence-corrected chi connectivity index (χ0v) is 20.8. The Kier molecular flexibility index (Phi) is 7.94. The molecule has 0 saturated carbocycles. The minimum Gasteiger partial charge on any atom is -0.409 e. The summed E-state index contributed by atoms with van der Waals surface area (Å²) in [7, 11) is 2.13. The van der Waals surface area contributed by atoms with Gasteiger partial charge in [0.1, 0.15) is 12.4 Å². The quantitative estimate of drug-likeness (QED) is 0.387. The Morgan fingerprint density at radius 3 is 2.51 bits per heavy atom. The van der Waals surface area contributed by atoms with E-state index in [-0.39, 0.29) is 35.8 Å². The maximum atomic E-state index is 14.6. The van der Waals surface area contributed by atoms with Gasteiger partial charge >= 0.3 is 0 Å². The summed E-state index contributed by atoms with van der Waals surface area (Å²) in [4.78, 5) is 32.5. The number of aromatic nitrogens is 3.